The lowest BCUT2D eigenvalue weighted by Gasteiger charge is -2.03. The van der Waals surface area contributed by atoms with Crippen LogP contribution in [-0.4, -0.2) is 22.6 Å². The van der Waals surface area contributed by atoms with Crippen LogP contribution >= 0.6 is 0 Å². The van der Waals surface area contributed by atoms with Gasteiger partial charge >= 0.3 is 11.7 Å². The molecule has 6 heteroatoms. The van der Waals surface area contributed by atoms with Crippen LogP contribution in [0.4, 0.5) is 0 Å². The molecule has 1 fully saturated rings. The molecule has 6 nitrogen and oxygen atoms in total. The molecule has 3 rings (SSSR count). The third kappa shape index (κ3) is 2.53. The Hall–Kier alpha value is -2.08. The van der Waals surface area contributed by atoms with Crippen molar-refractivity contribution in [2.75, 3.05) is 6.54 Å². The van der Waals surface area contributed by atoms with Crippen LogP contribution in [0.15, 0.2) is 27.4 Å². The highest BCUT2D eigenvalue weighted by Gasteiger charge is 2.42. The minimum Gasteiger partial charge on any atom is -0.481 e. The summed E-state index contributed by atoms with van der Waals surface area (Å²) < 4.78 is 4.98. The third-order valence-electron chi connectivity index (χ3n) is 3.46. The number of carboxylic acids is 1. The molecule has 0 bridgehead atoms. The van der Waals surface area contributed by atoms with Gasteiger partial charge in [0, 0.05) is 6.54 Å². The first-order valence-corrected chi connectivity index (χ1v) is 6.19. The van der Waals surface area contributed by atoms with E-state index in [1.54, 1.807) is 6.07 Å². The van der Waals surface area contributed by atoms with Crippen LogP contribution in [-0.2, 0) is 11.3 Å². The number of aliphatic carboxylic acids is 1. The van der Waals surface area contributed by atoms with E-state index in [1.165, 1.54) is 0 Å². The van der Waals surface area contributed by atoms with E-state index in [-0.39, 0.29) is 11.8 Å². The van der Waals surface area contributed by atoms with Crippen molar-refractivity contribution in [1.29, 1.82) is 0 Å². The Balaban J connectivity index is 1.57. The van der Waals surface area contributed by atoms with Crippen LogP contribution in [0.2, 0.25) is 0 Å². The minimum atomic E-state index is -0.706. The summed E-state index contributed by atoms with van der Waals surface area (Å²) in [5, 5.41) is 12.0. The molecule has 0 aliphatic heterocycles. The van der Waals surface area contributed by atoms with Crippen molar-refractivity contribution < 1.29 is 14.3 Å². The Morgan fingerprint density at radius 1 is 1.53 bits per heavy atom. The molecule has 1 aliphatic carbocycles. The quantitative estimate of drug-likeness (QED) is 0.745. The monoisotopic (exact) mass is 262 g/mol. The van der Waals surface area contributed by atoms with E-state index in [2.05, 4.69) is 10.3 Å². The van der Waals surface area contributed by atoms with Gasteiger partial charge in [0.05, 0.1) is 11.4 Å². The molecule has 3 N–H and O–H groups in total. The van der Waals surface area contributed by atoms with Crippen molar-refractivity contribution in [2.24, 2.45) is 11.8 Å². The normalized spacial score (nSPS) is 21.7. The Labute approximate surface area is 108 Å². The van der Waals surface area contributed by atoms with Gasteiger partial charge in [-0.15, -0.1) is 0 Å². The van der Waals surface area contributed by atoms with Gasteiger partial charge in [-0.05, 0) is 36.6 Å². The summed E-state index contributed by atoms with van der Waals surface area (Å²) >= 11 is 0. The van der Waals surface area contributed by atoms with Crippen molar-refractivity contribution in [3.8, 4) is 0 Å². The van der Waals surface area contributed by atoms with E-state index < -0.39 is 11.7 Å². The number of nitrogens with one attached hydrogen (secondary N) is 2. The first kappa shape index (κ1) is 12.0. The van der Waals surface area contributed by atoms with Crippen LogP contribution in [0, 0.1) is 11.8 Å². The molecule has 2 aromatic rings. The van der Waals surface area contributed by atoms with E-state index in [0.29, 0.717) is 24.2 Å². The Bertz CT molecular complexity index is 673. The highest BCUT2D eigenvalue weighted by Crippen LogP contribution is 2.37. The molecule has 0 spiro atoms. The fourth-order valence-corrected chi connectivity index (χ4v) is 2.28. The van der Waals surface area contributed by atoms with E-state index >= 15 is 0 Å². The molecule has 1 heterocycles. The molecule has 1 aromatic heterocycles. The number of rotatable bonds is 5. The van der Waals surface area contributed by atoms with E-state index in [4.69, 9.17) is 9.52 Å². The van der Waals surface area contributed by atoms with Crippen LogP contribution < -0.4 is 11.1 Å². The first-order chi connectivity index (χ1) is 9.13. The van der Waals surface area contributed by atoms with Gasteiger partial charge in [-0.1, -0.05) is 6.07 Å². The first-order valence-electron chi connectivity index (χ1n) is 6.19. The van der Waals surface area contributed by atoms with Crippen molar-refractivity contribution in [3.05, 3.63) is 34.3 Å². The second-order valence-electron chi connectivity index (χ2n) is 4.92. The Morgan fingerprint density at radius 2 is 2.37 bits per heavy atom. The van der Waals surface area contributed by atoms with Crippen LogP contribution in [0.3, 0.4) is 0 Å². The molecule has 19 heavy (non-hydrogen) atoms. The predicted octanol–water partition coefficient (Wildman–Crippen LogP) is 0.931. The molecule has 1 aromatic carbocycles. The summed E-state index contributed by atoms with van der Waals surface area (Å²) in [4.78, 5) is 24.3. The smallest absolute Gasteiger partial charge is 0.417 e. The van der Waals surface area contributed by atoms with Gasteiger partial charge in [0.15, 0.2) is 5.58 Å². The molecule has 1 saturated carbocycles. The summed E-state index contributed by atoms with van der Waals surface area (Å²) in [7, 11) is 0. The van der Waals surface area contributed by atoms with Crippen molar-refractivity contribution in [3.63, 3.8) is 0 Å². The lowest BCUT2D eigenvalue weighted by atomic mass is 10.2. The number of benzene rings is 1. The average Bonchev–Trinajstić information content (AvgIpc) is 3.03. The van der Waals surface area contributed by atoms with E-state index in [0.717, 1.165) is 12.0 Å². The topological polar surface area (TPSA) is 95.3 Å². The van der Waals surface area contributed by atoms with Crippen molar-refractivity contribution >= 4 is 17.1 Å². The van der Waals surface area contributed by atoms with Gasteiger partial charge in [-0.25, -0.2) is 4.79 Å². The third-order valence-corrected chi connectivity index (χ3v) is 3.46. The molecule has 0 amide bonds. The van der Waals surface area contributed by atoms with E-state index in [9.17, 15) is 9.59 Å². The number of hydrogen-bond donors (Lipinski definition) is 3. The van der Waals surface area contributed by atoms with Gasteiger partial charge in [-0.3, -0.25) is 9.78 Å². The number of oxazole rings is 1. The fourth-order valence-electron chi connectivity index (χ4n) is 2.28. The van der Waals surface area contributed by atoms with Gasteiger partial charge in [0.25, 0.3) is 0 Å². The van der Waals surface area contributed by atoms with Crippen LogP contribution in [0.1, 0.15) is 12.0 Å². The van der Waals surface area contributed by atoms with Gasteiger partial charge in [0.1, 0.15) is 0 Å². The maximum absolute atomic E-state index is 11.0. The average molecular weight is 262 g/mol. The minimum absolute atomic E-state index is 0.183. The molecule has 2 unspecified atom stereocenters. The summed E-state index contributed by atoms with van der Waals surface area (Å²) in [6, 6.07) is 5.51. The Kier molecular flexibility index (Phi) is 2.87. The van der Waals surface area contributed by atoms with E-state index in [1.807, 2.05) is 12.1 Å². The zero-order valence-electron chi connectivity index (χ0n) is 10.2. The summed E-state index contributed by atoms with van der Waals surface area (Å²) in [6.45, 7) is 1.33. The van der Waals surface area contributed by atoms with Gasteiger partial charge in [-0.2, -0.15) is 0 Å². The number of hydrogen-bond acceptors (Lipinski definition) is 4. The maximum atomic E-state index is 11.0. The largest absolute Gasteiger partial charge is 0.481 e. The molecular weight excluding hydrogens is 248 g/mol. The number of H-pyrrole nitrogens is 1. The standard InChI is InChI=1S/C13H14N2O4/c16-12(17)9-4-8(9)6-14-5-7-1-2-10-11(3-7)19-13(18)15-10/h1-3,8-9,14H,4-6H2,(H,15,18)(H,16,17). The molecular formula is C13H14N2O4. The van der Waals surface area contributed by atoms with Crippen LogP contribution in [0.25, 0.3) is 11.1 Å². The van der Waals surface area contributed by atoms with Crippen LogP contribution in [0.5, 0.6) is 0 Å². The number of aromatic amines is 1. The molecule has 100 valence electrons. The zero-order valence-corrected chi connectivity index (χ0v) is 10.2. The summed E-state index contributed by atoms with van der Waals surface area (Å²) in [6.07, 6.45) is 0.758. The molecule has 1 aliphatic rings. The maximum Gasteiger partial charge on any atom is 0.417 e. The molecule has 0 saturated heterocycles. The second-order valence-corrected chi connectivity index (χ2v) is 4.92. The lowest BCUT2D eigenvalue weighted by molar-refractivity contribution is -0.138. The van der Waals surface area contributed by atoms with Gasteiger partial charge in [0.2, 0.25) is 0 Å². The number of carboxylic acid groups (broad SMARTS) is 1. The zero-order chi connectivity index (χ0) is 13.4. The number of aromatic nitrogens is 1. The van der Waals surface area contributed by atoms with Crippen molar-refractivity contribution in [2.45, 2.75) is 13.0 Å². The highest BCUT2D eigenvalue weighted by molar-refractivity contribution is 5.73. The number of carbonyl (C=O) groups is 1. The summed E-state index contributed by atoms with van der Waals surface area (Å²) in [5.41, 5.74) is 2.23. The SMILES string of the molecule is O=C(O)C1CC1CNCc1ccc2[nH]c(=O)oc2c1. The number of fused-ring (bicyclic) bond motifs is 1. The van der Waals surface area contributed by atoms with Gasteiger partial charge < -0.3 is 14.8 Å². The van der Waals surface area contributed by atoms with Crippen molar-refractivity contribution in [1.82, 2.24) is 10.3 Å². The predicted molar refractivity (Wildman–Crippen MR) is 67.8 cm³/mol. The fraction of sp³-hybridized carbons (Fsp3) is 0.385. The summed E-state index contributed by atoms with van der Waals surface area (Å²) in [5.74, 6) is -1.10. The highest BCUT2D eigenvalue weighted by atomic mass is 16.4. The Morgan fingerprint density at radius 3 is 3.11 bits per heavy atom. The molecule has 0 radical (unpaired) electrons. The second kappa shape index (κ2) is 4.55. The molecule has 2 atom stereocenters. The lowest BCUT2D eigenvalue weighted by Crippen LogP contribution is -2.18.